The molecule has 194 valence electrons. The number of para-hydroxylation sites is 1. The normalized spacial score (nSPS) is 11.3. The van der Waals surface area contributed by atoms with Gasteiger partial charge in [0.25, 0.3) is 0 Å². The van der Waals surface area contributed by atoms with Crippen LogP contribution in [0.1, 0.15) is 12.0 Å². The van der Waals surface area contributed by atoms with Crippen LogP contribution in [0.4, 0.5) is 0 Å². The summed E-state index contributed by atoms with van der Waals surface area (Å²) >= 11 is 3.05. The number of hydrogen-bond acceptors (Lipinski definition) is 8. The molecule has 0 aliphatic carbocycles. The van der Waals surface area contributed by atoms with E-state index in [2.05, 4.69) is 73.9 Å². The van der Waals surface area contributed by atoms with Gasteiger partial charge in [0.15, 0.2) is 11.0 Å². The van der Waals surface area contributed by atoms with E-state index in [1.807, 2.05) is 35.7 Å². The second-order valence-corrected chi connectivity index (χ2v) is 10.6. The highest BCUT2D eigenvalue weighted by atomic mass is 32.2. The fourth-order valence-corrected chi connectivity index (χ4v) is 5.88. The van der Waals surface area contributed by atoms with Crippen LogP contribution >= 0.6 is 23.3 Å². The number of rotatable bonds is 10. The molecule has 3 aromatic heterocycles. The van der Waals surface area contributed by atoms with Gasteiger partial charge in [-0.2, -0.15) is 0 Å². The smallest absolute Gasteiger partial charge is 0.191 e. The summed E-state index contributed by atoms with van der Waals surface area (Å²) in [6.07, 6.45) is 0.861. The Bertz CT molecular complexity index is 1670. The molecule has 0 fully saturated rings. The first-order chi connectivity index (χ1) is 19.3. The lowest BCUT2D eigenvalue weighted by Crippen LogP contribution is -2.06. The molecule has 0 saturated heterocycles. The Morgan fingerprint density at radius 2 is 1.64 bits per heavy atom. The first-order valence-electron chi connectivity index (χ1n) is 12.7. The third-order valence-corrected chi connectivity index (χ3v) is 7.99. The molecular formula is C30H26N6OS2. The topological polar surface area (TPSA) is 78.6 Å². The molecule has 0 radical (unpaired) electrons. The molecule has 0 unspecified atom stereocenters. The molecule has 0 aliphatic rings. The third kappa shape index (κ3) is 5.61. The maximum atomic E-state index is 5.36. The number of aromatic nitrogens is 6. The van der Waals surface area contributed by atoms with E-state index < -0.39 is 0 Å². The minimum absolute atomic E-state index is 0.668. The first-order valence-corrected chi connectivity index (χ1v) is 14.5. The van der Waals surface area contributed by atoms with E-state index in [0.717, 1.165) is 68.7 Å². The summed E-state index contributed by atoms with van der Waals surface area (Å²) in [6.45, 7) is 1.42. The number of ether oxygens (including phenoxy) is 1. The summed E-state index contributed by atoms with van der Waals surface area (Å²) in [5, 5.41) is 17.4. The van der Waals surface area contributed by atoms with Gasteiger partial charge in [0.05, 0.1) is 11.2 Å². The number of nitrogens with zero attached hydrogens (tertiary/aromatic N) is 6. The van der Waals surface area contributed by atoms with Gasteiger partial charge in [-0.15, -0.1) is 15.3 Å². The molecule has 0 bridgehead atoms. The molecule has 0 aliphatic heterocycles. The highest BCUT2D eigenvalue weighted by Gasteiger charge is 2.18. The first kappa shape index (κ1) is 25.4. The lowest BCUT2D eigenvalue weighted by Gasteiger charge is -2.13. The van der Waals surface area contributed by atoms with Gasteiger partial charge in [-0.3, -0.25) is 0 Å². The van der Waals surface area contributed by atoms with Crippen molar-refractivity contribution in [3.63, 3.8) is 0 Å². The van der Waals surface area contributed by atoms with Crippen LogP contribution in [-0.4, -0.2) is 43.1 Å². The molecule has 39 heavy (non-hydrogen) atoms. The number of pyridine rings is 1. The Hall–Kier alpha value is -3.92. The Kier molecular flexibility index (Phi) is 7.71. The maximum Gasteiger partial charge on any atom is 0.191 e. The SMILES string of the molecule is COCCCn1c(SCc2ccc(-c3csnn3)cc2)nnc1-c1cc(-c2ccccc2)nc2ccccc12. The van der Waals surface area contributed by atoms with Gasteiger partial charge < -0.3 is 9.30 Å². The Morgan fingerprint density at radius 1 is 0.846 bits per heavy atom. The van der Waals surface area contributed by atoms with Crippen LogP contribution < -0.4 is 0 Å². The number of fused-ring (bicyclic) bond motifs is 1. The van der Waals surface area contributed by atoms with Crippen molar-refractivity contribution in [1.29, 1.82) is 0 Å². The summed E-state index contributed by atoms with van der Waals surface area (Å²) in [4.78, 5) is 4.95. The molecule has 3 aromatic carbocycles. The minimum atomic E-state index is 0.668. The highest BCUT2D eigenvalue weighted by molar-refractivity contribution is 7.98. The lowest BCUT2D eigenvalue weighted by atomic mass is 10.0. The van der Waals surface area contributed by atoms with E-state index in [0.29, 0.717) is 6.61 Å². The van der Waals surface area contributed by atoms with Crippen molar-refractivity contribution in [3.05, 3.63) is 95.9 Å². The van der Waals surface area contributed by atoms with E-state index in [-0.39, 0.29) is 0 Å². The Balaban J connectivity index is 1.35. The van der Waals surface area contributed by atoms with Gasteiger partial charge in [-0.1, -0.05) is 89.0 Å². The average molecular weight is 551 g/mol. The summed E-state index contributed by atoms with van der Waals surface area (Å²) in [7, 11) is 1.73. The monoisotopic (exact) mass is 550 g/mol. The van der Waals surface area contributed by atoms with Crippen LogP contribution in [0.3, 0.4) is 0 Å². The van der Waals surface area contributed by atoms with Gasteiger partial charge >= 0.3 is 0 Å². The summed E-state index contributed by atoms with van der Waals surface area (Å²) < 4.78 is 11.5. The van der Waals surface area contributed by atoms with Crippen LogP contribution in [-0.2, 0) is 17.0 Å². The summed E-state index contributed by atoms with van der Waals surface area (Å²) in [5.74, 6) is 1.63. The molecule has 0 amide bonds. The van der Waals surface area contributed by atoms with Crippen molar-refractivity contribution in [1.82, 2.24) is 29.3 Å². The van der Waals surface area contributed by atoms with Crippen LogP contribution in [0.5, 0.6) is 0 Å². The van der Waals surface area contributed by atoms with Gasteiger partial charge in [0.1, 0.15) is 5.69 Å². The molecular weight excluding hydrogens is 525 g/mol. The van der Waals surface area contributed by atoms with Crippen molar-refractivity contribution in [2.75, 3.05) is 13.7 Å². The maximum absolute atomic E-state index is 5.36. The predicted molar refractivity (Wildman–Crippen MR) is 158 cm³/mol. The molecule has 0 saturated carbocycles. The van der Waals surface area contributed by atoms with Crippen LogP contribution in [0.2, 0.25) is 0 Å². The Morgan fingerprint density at radius 3 is 2.44 bits per heavy atom. The third-order valence-electron chi connectivity index (χ3n) is 6.45. The zero-order valence-electron chi connectivity index (χ0n) is 21.4. The molecule has 7 nitrogen and oxygen atoms in total. The van der Waals surface area contributed by atoms with E-state index in [1.54, 1.807) is 18.9 Å². The van der Waals surface area contributed by atoms with Crippen LogP contribution in [0.25, 0.3) is 44.8 Å². The van der Waals surface area contributed by atoms with E-state index >= 15 is 0 Å². The van der Waals surface area contributed by atoms with Crippen molar-refractivity contribution in [2.45, 2.75) is 23.9 Å². The van der Waals surface area contributed by atoms with Crippen molar-refractivity contribution in [3.8, 4) is 33.9 Å². The highest BCUT2D eigenvalue weighted by Crippen LogP contribution is 2.34. The zero-order chi connectivity index (χ0) is 26.4. The average Bonchev–Trinajstić information content (AvgIpc) is 3.67. The number of thioether (sulfide) groups is 1. The van der Waals surface area contributed by atoms with Crippen molar-refractivity contribution in [2.24, 2.45) is 0 Å². The minimum Gasteiger partial charge on any atom is -0.385 e. The van der Waals surface area contributed by atoms with Gasteiger partial charge in [0.2, 0.25) is 0 Å². The zero-order valence-corrected chi connectivity index (χ0v) is 23.0. The second kappa shape index (κ2) is 11.9. The molecule has 3 heterocycles. The number of hydrogen-bond donors (Lipinski definition) is 0. The van der Waals surface area contributed by atoms with Gasteiger partial charge in [-0.05, 0) is 35.6 Å². The molecule has 6 rings (SSSR count). The summed E-state index contributed by atoms with van der Waals surface area (Å²) in [5.41, 5.74) is 7.13. The van der Waals surface area contributed by atoms with Crippen molar-refractivity contribution < 1.29 is 4.74 Å². The second-order valence-electron chi connectivity index (χ2n) is 9.02. The summed E-state index contributed by atoms with van der Waals surface area (Å²) in [6, 6.07) is 29.1. The molecule has 9 heteroatoms. The van der Waals surface area contributed by atoms with Crippen molar-refractivity contribution >= 4 is 34.2 Å². The van der Waals surface area contributed by atoms with Gasteiger partial charge in [-0.25, -0.2) is 4.98 Å². The quantitative estimate of drug-likeness (QED) is 0.134. The molecule has 6 aromatic rings. The fraction of sp³-hybridized carbons (Fsp3) is 0.167. The molecule has 0 N–H and O–H groups in total. The van der Waals surface area contributed by atoms with Gasteiger partial charge in [0, 0.05) is 53.5 Å². The van der Waals surface area contributed by atoms with E-state index in [1.165, 1.54) is 17.1 Å². The molecule has 0 spiro atoms. The van der Waals surface area contributed by atoms with E-state index in [9.17, 15) is 0 Å². The fourth-order valence-electron chi connectivity index (χ4n) is 4.49. The van der Waals surface area contributed by atoms with E-state index in [4.69, 9.17) is 14.8 Å². The standard InChI is InChI=1S/C30H26N6OS2/c1-37-17-7-16-36-29(25-18-27(22-8-3-2-4-9-22)31-26-11-6-5-10-24(25)26)33-34-30(36)38-19-21-12-14-23(15-13-21)28-20-39-35-32-28/h2-6,8-15,18,20H,7,16-17,19H2,1H3. The van der Waals surface area contributed by atoms with Crippen LogP contribution in [0.15, 0.2) is 95.5 Å². The molecule has 0 atom stereocenters. The van der Waals surface area contributed by atoms with Crippen LogP contribution in [0, 0.1) is 0 Å². The number of benzene rings is 3. The number of methoxy groups -OCH3 is 1. The lowest BCUT2D eigenvalue weighted by molar-refractivity contribution is 0.189. The predicted octanol–water partition coefficient (Wildman–Crippen LogP) is 7.01. The largest absolute Gasteiger partial charge is 0.385 e. The Labute approximate surface area is 235 Å².